The molecule has 1 aliphatic heterocycles. The maximum absolute atomic E-state index is 8.89. The highest BCUT2D eigenvalue weighted by Crippen LogP contribution is 2.25. The normalized spacial score (nSPS) is 14.8. The monoisotopic (exact) mass is 362 g/mol. The Morgan fingerprint density at radius 1 is 1.04 bits per heavy atom. The molecule has 136 valence electrons. The standard InChI is InChI=1S/C18H26N4O2S/c23-11-5-2-6-14-25-18-20-19-17(21-9-12-24-13-10-21)22(18)15-16-7-3-1-4-8-16/h1,3-4,7-8,23H,2,5-6,9-15H2. The summed E-state index contributed by atoms with van der Waals surface area (Å²) in [7, 11) is 0. The van der Waals surface area contributed by atoms with Crippen molar-refractivity contribution >= 4 is 17.7 Å². The Bertz CT molecular complexity index is 629. The van der Waals surface area contributed by atoms with E-state index < -0.39 is 0 Å². The van der Waals surface area contributed by atoms with Gasteiger partial charge in [-0.25, -0.2) is 0 Å². The van der Waals surface area contributed by atoms with E-state index in [1.165, 1.54) is 5.56 Å². The first-order valence-electron chi connectivity index (χ1n) is 8.92. The third-order valence-corrected chi connectivity index (χ3v) is 5.26. The lowest BCUT2D eigenvalue weighted by Gasteiger charge is -2.28. The van der Waals surface area contributed by atoms with Crippen LogP contribution in [0.2, 0.25) is 0 Å². The highest BCUT2D eigenvalue weighted by Gasteiger charge is 2.20. The Kier molecular flexibility index (Phi) is 7.14. The minimum Gasteiger partial charge on any atom is -0.396 e. The molecule has 2 heterocycles. The number of hydrogen-bond donors (Lipinski definition) is 1. The molecule has 1 aliphatic rings. The summed E-state index contributed by atoms with van der Waals surface area (Å²) in [4.78, 5) is 2.26. The van der Waals surface area contributed by atoms with Crippen LogP contribution in [0, 0.1) is 0 Å². The van der Waals surface area contributed by atoms with Crippen molar-refractivity contribution in [3.05, 3.63) is 35.9 Å². The summed E-state index contributed by atoms with van der Waals surface area (Å²) in [5.41, 5.74) is 1.25. The second-order valence-corrected chi connectivity index (χ2v) is 7.15. The number of nitrogens with zero attached hydrogens (tertiary/aromatic N) is 4. The SMILES string of the molecule is OCCCCCSc1nnc(N2CCOCC2)n1Cc1ccccc1. The van der Waals surface area contributed by atoms with Crippen LogP contribution in [0.5, 0.6) is 0 Å². The van der Waals surface area contributed by atoms with Gasteiger partial charge in [0.2, 0.25) is 5.95 Å². The van der Waals surface area contributed by atoms with E-state index in [1.54, 1.807) is 11.8 Å². The van der Waals surface area contributed by atoms with Crippen molar-refractivity contribution in [3.8, 4) is 0 Å². The Morgan fingerprint density at radius 2 is 1.84 bits per heavy atom. The second-order valence-electron chi connectivity index (χ2n) is 6.09. The summed E-state index contributed by atoms with van der Waals surface area (Å²) in [5.74, 6) is 1.93. The molecule has 1 aromatic carbocycles. The second kappa shape index (κ2) is 9.79. The Morgan fingerprint density at radius 3 is 2.60 bits per heavy atom. The molecule has 0 aliphatic carbocycles. The van der Waals surface area contributed by atoms with E-state index in [0.29, 0.717) is 0 Å². The molecule has 0 radical (unpaired) electrons. The molecule has 0 unspecified atom stereocenters. The van der Waals surface area contributed by atoms with Crippen LogP contribution in [0.4, 0.5) is 5.95 Å². The van der Waals surface area contributed by atoms with Crippen LogP contribution in [0.15, 0.2) is 35.5 Å². The van der Waals surface area contributed by atoms with E-state index in [2.05, 4.69) is 43.9 Å². The van der Waals surface area contributed by atoms with Crippen LogP contribution < -0.4 is 4.90 Å². The predicted molar refractivity (Wildman–Crippen MR) is 100 cm³/mol. The number of benzene rings is 1. The molecular formula is C18H26N4O2S. The quantitative estimate of drug-likeness (QED) is 0.546. The van der Waals surface area contributed by atoms with Crippen LogP contribution in [0.25, 0.3) is 0 Å². The van der Waals surface area contributed by atoms with E-state index >= 15 is 0 Å². The number of morpholine rings is 1. The average molecular weight is 362 g/mol. The van der Waals surface area contributed by atoms with Crippen LogP contribution in [0.3, 0.4) is 0 Å². The highest BCUT2D eigenvalue weighted by atomic mass is 32.2. The molecule has 0 bridgehead atoms. The molecule has 6 nitrogen and oxygen atoms in total. The van der Waals surface area contributed by atoms with Crippen LogP contribution >= 0.6 is 11.8 Å². The van der Waals surface area contributed by atoms with Gasteiger partial charge in [0.1, 0.15) is 0 Å². The van der Waals surface area contributed by atoms with E-state index in [0.717, 1.165) is 69.0 Å². The van der Waals surface area contributed by atoms with Gasteiger partial charge in [0.05, 0.1) is 19.8 Å². The lowest BCUT2D eigenvalue weighted by atomic mass is 10.2. The molecule has 1 saturated heterocycles. The molecule has 1 fully saturated rings. The largest absolute Gasteiger partial charge is 0.396 e. The van der Waals surface area contributed by atoms with Gasteiger partial charge in [0.25, 0.3) is 0 Å². The van der Waals surface area contributed by atoms with Gasteiger partial charge < -0.3 is 14.7 Å². The molecule has 0 spiro atoms. The van der Waals surface area contributed by atoms with Gasteiger partial charge in [-0.2, -0.15) is 0 Å². The molecular weight excluding hydrogens is 336 g/mol. The zero-order valence-electron chi connectivity index (χ0n) is 14.5. The number of aromatic nitrogens is 3. The molecule has 0 atom stereocenters. The fourth-order valence-electron chi connectivity index (χ4n) is 2.84. The lowest BCUT2D eigenvalue weighted by molar-refractivity contribution is 0.121. The summed E-state index contributed by atoms with van der Waals surface area (Å²) in [6, 6.07) is 10.4. The van der Waals surface area contributed by atoms with Crippen molar-refractivity contribution in [2.45, 2.75) is 31.0 Å². The number of anilines is 1. The van der Waals surface area contributed by atoms with Crippen molar-refractivity contribution < 1.29 is 9.84 Å². The molecule has 0 saturated carbocycles. The van der Waals surface area contributed by atoms with Crippen LogP contribution in [0.1, 0.15) is 24.8 Å². The predicted octanol–water partition coefficient (Wildman–Crippen LogP) is 2.42. The summed E-state index contributed by atoms with van der Waals surface area (Å²) in [6.45, 7) is 4.24. The van der Waals surface area contributed by atoms with Crippen molar-refractivity contribution in [1.82, 2.24) is 14.8 Å². The van der Waals surface area contributed by atoms with Gasteiger partial charge >= 0.3 is 0 Å². The van der Waals surface area contributed by atoms with Crippen molar-refractivity contribution in [3.63, 3.8) is 0 Å². The average Bonchev–Trinajstić information content (AvgIpc) is 3.06. The zero-order chi connectivity index (χ0) is 17.3. The first-order valence-corrected chi connectivity index (χ1v) is 9.90. The van der Waals surface area contributed by atoms with Gasteiger partial charge in [-0.15, -0.1) is 10.2 Å². The summed E-state index contributed by atoms with van der Waals surface area (Å²) >= 11 is 1.75. The number of aliphatic hydroxyl groups excluding tert-OH is 1. The van der Waals surface area contributed by atoms with Crippen molar-refractivity contribution in [1.29, 1.82) is 0 Å². The smallest absolute Gasteiger partial charge is 0.228 e. The highest BCUT2D eigenvalue weighted by molar-refractivity contribution is 7.99. The minimum absolute atomic E-state index is 0.274. The molecule has 7 heteroatoms. The van der Waals surface area contributed by atoms with Crippen molar-refractivity contribution in [2.75, 3.05) is 43.6 Å². The lowest BCUT2D eigenvalue weighted by Crippen LogP contribution is -2.38. The summed E-state index contributed by atoms with van der Waals surface area (Å²) < 4.78 is 7.68. The fourth-order valence-corrected chi connectivity index (χ4v) is 3.78. The van der Waals surface area contributed by atoms with Crippen LogP contribution in [-0.2, 0) is 11.3 Å². The molecule has 0 amide bonds. The fraction of sp³-hybridized carbons (Fsp3) is 0.556. The molecule has 2 aromatic rings. The van der Waals surface area contributed by atoms with Gasteiger partial charge in [-0.05, 0) is 18.4 Å². The van der Waals surface area contributed by atoms with Gasteiger partial charge in [-0.1, -0.05) is 48.5 Å². The first-order chi connectivity index (χ1) is 12.4. The topological polar surface area (TPSA) is 63.4 Å². The maximum atomic E-state index is 8.89. The van der Waals surface area contributed by atoms with Crippen LogP contribution in [-0.4, -0.2) is 58.5 Å². The molecule has 1 N–H and O–H groups in total. The summed E-state index contributed by atoms with van der Waals surface area (Å²) in [6.07, 6.45) is 3.00. The molecule has 1 aromatic heterocycles. The van der Waals surface area contributed by atoms with E-state index in [4.69, 9.17) is 9.84 Å². The number of rotatable bonds is 9. The minimum atomic E-state index is 0.274. The Labute approximate surface area is 153 Å². The molecule has 3 rings (SSSR count). The first kappa shape index (κ1) is 18.2. The van der Waals surface area contributed by atoms with E-state index in [9.17, 15) is 0 Å². The van der Waals surface area contributed by atoms with Gasteiger partial charge in [-0.3, -0.25) is 4.57 Å². The Balaban J connectivity index is 1.73. The number of ether oxygens (including phenoxy) is 1. The van der Waals surface area contributed by atoms with E-state index in [1.807, 2.05) is 6.07 Å². The van der Waals surface area contributed by atoms with Crippen molar-refractivity contribution in [2.24, 2.45) is 0 Å². The zero-order valence-corrected chi connectivity index (χ0v) is 15.3. The molecule has 25 heavy (non-hydrogen) atoms. The van der Waals surface area contributed by atoms with Gasteiger partial charge in [0.15, 0.2) is 5.16 Å². The number of thioether (sulfide) groups is 1. The maximum Gasteiger partial charge on any atom is 0.228 e. The third kappa shape index (κ3) is 5.20. The number of unbranched alkanes of at least 4 members (excludes halogenated alkanes) is 2. The Hall–Kier alpha value is -1.57. The number of aliphatic hydroxyl groups is 1. The van der Waals surface area contributed by atoms with Gasteiger partial charge in [0, 0.05) is 25.4 Å². The third-order valence-electron chi connectivity index (χ3n) is 4.21. The summed E-state index contributed by atoms with van der Waals surface area (Å²) in [5, 5.41) is 18.8. The number of hydrogen-bond acceptors (Lipinski definition) is 6. The van der Waals surface area contributed by atoms with E-state index in [-0.39, 0.29) is 6.61 Å².